The normalized spacial score (nSPS) is 49.0. The summed E-state index contributed by atoms with van der Waals surface area (Å²) in [6.07, 6.45) is 3.69. The number of amides is 1. The lowest BCUT2D eigenvalue weighted by Gasteiger charge is -2.30. The van der Waals surface area contributed by atoms with E-state index in [1.807, 2.05) is 0 Å². The minimum absolute atomic E-state index is 0.145. The number of rotatable bonds is 1. The van der Waals surface area contributed by atoms with E-state index >= 15 is 0 Å². The molecule has 2 N–H and O–H groups in total. The van der Waals surface area contributed by atoms with E-state index in [2.05, 4.69) is 18.7 Å². The Morgan fingerprint density at radius 2 is 1.71 bits per heavy atom. The van der Waals surface area contributed by atoms with Crippen LogP contribution in [0.25, 0.3) is 0 Å². The molecule has 2 aliphatic carbocycles. The Balaban J connectivity index is 1.71. The highest BCUT2D eigenvalue weighted by atomic mass is 16.2. The minimum atomic E-state index is 0.145. The first-order valence-corrected chi connectivity index (χ1v) is 7.12. The van der Waals surface area contributed by atoms with Crippen molar-refractivity contribution in [2.45, 2.75) is 39.2 Å². The molecule has 2 saturated carbocycles. The average molecular weight is 236 g/mol. The van der Waals surface area contributed by atoms with Gasteiger partial charge in [0.1, 0.15) is 0 Å². The van der Waals surface area contributed by atoms with E-state index in [1.54, 1.807) is 0 Å². The van der Waals surface area contributed by atoms with Crippen molar-refractivity contribution >= 4 is 5.91 Å². The van der Waals surface area contributed by atoms with E-state index < -0.39 is 0 Å². The Morgan fingerprint density at radius 1 is 1.12 bits per heavy atom. The van der Waals surface area contributed by atoms with Crippen LogP contribution in [0.5, 0.6) is 0 Å². The third-order valence-corrected chi connectivity index (χ3v) is 5.57. The van der Waals surface area contributed by atoms with E-state index in [1.165, 1.54) is 19.3 Å². The number of hydrogen-bond donors (Lipinski definition) is 1. The molecule has 0 radical (unpaired) electrons. The van der Waals surface area contributed by atoms with Crippen LogP contribution in [0.4, 0.5) is 0 Å². The van der Waals surface area contributed by atoms with Gasteiger partial charge in [0.2, 0.25) is 5.91 Å². The van der Waals surface area contributed by atoms with E-state index in [4.69, 9.17) is 5.73 Å². The number of carbonyl (C=O) groups excluding carboxylic acids is 1. The van der Waals surface area contributed by atoms with Crippen LogP contribution in [0.1, 0.15) is 33.1 Å². The summed E-state index contributed by atoms with van der Waals surface area (Å²) in [5.74, 6) is 3.02. The predicted molar refractivity (Wildman–Crippen MR) is 67.2 cm³/mol. The summed E-state index contributed by atoms with van der Waals surface area (Å²) in [5.41, 5.74) is 6.25. The van der Waals surface area contributed by atoms with Crippen LogP contribution in [0.15, 0.2) is 0 Å². The van der Waals surface area contributed by atoms with Gasteiger partial charge in [-0.1, -0.05) is 13.8 Å². The van der Waals surface area contributed by atoms with Crippen LogP contribution in [-0.2, 0) is 4.79 Å². The Bertz CT molecular complexity index is 318. The zero-order valence-electron chi connectivity index (χ0n) is 10.9. The molecule has 6 atom stereocenters. The lowest BCUT2D eigenvalue weighted by molar-refractivity contribution is -0.136. The molecule has 3 fully saturated rings. The zero-order valence-corrected chi connectivity index (χ0v) is 10.9. The highest BCUT2D eigenvalue weighted by molar-refractivity contribution is 5.81. The van der Waals surface area contributed by atoms with Gasteiger partial charge in [-0.05, 0) is 42.9 Å². The van der Waals surface area contributed by atoms with E-state index in [0.717, 1.165) is 13.1 Å². The van der Waals surface area contributed by atoms with Gasteiger partial charge in [-0.3, -0.25) is 4.79 Å². The van der Waals surface area contributed by atoms with Crippen molar-refractivity contribution < 1.29 is 4.79 Å². The van der Waals surface area contributed by atoms with Crippen LogP contribution in [0, 0.1) is 29.6 Å². The first-order chi connectivity index (χ1) is 8.08. The van der Waals surface area contributed by atoms with Crippen molar-refractivity contribution in [3.63, 3.8) is 0 Å². The lowest BCUT2D eigenvalue weighted by atomic mass is 9.84. The number of nitrogens with zero attached hydrogens (tertiary/aromatic N) is 1. The molecule has 6 unspecified atom stereocenters. The highest BCUT2D eigenvalue weighted by Gasteiger charge is 2.50. The van der Waals surface area contributed by atoms with Gasteiger partial charge >= 0.3 is 0 Å². The summed E-state index contributed by atoms with van der Waals surface area (Å²) in [4.78, 5) is 14.7. The van der Waals surface area contributed by atoms with Crippen molar-refractivity contribution in [3.05, 3.63) is 0 Å². The molecule has 0 spiro atoms. The maximum atomic E-state index is 12.6. The fourth-order valence-corrected chi connectivity index (χ4v) is 4.22. The zero-order chi connectivity index (χ0) is 12.2. The monoisotopic (exact) mass is 236 g/mol. The second-order valence-electron chi connectivity index (χ2n) is 6.63. The molecule has 3 heteroatoms. The molecule has 17 heavy (non-hydrogen) atoms. The van der Waals surface area contributed by atoms with Gasteiger partial charge in [-0.15, -0.1) is 0 Å². The van der Waals surface area contributed by atoms with Crippen LogP contribution in [0.2, 0.25) is 0 Å². The number of nitrogens with two attached hydrogens (primary N) is 1. The maximum Gasteiger partial charge on any atom is 0.227 e. The molecule has 2 bridgehead atoms. The van der Waals surface area contributed by atoms with Crippen LogP contribution >= 0.6 is 0 Å². The molecule has 96 valence electrons. The van der Waals surface area contributed by atoms with Crippen molar-refractivity contribution in [2.75, 3.05) is 13.1 Å². The molecule has 0 aromatic heterocycles. The first-order valence-electron chi connectivity index (χ1n) is 7.12. The summed E-state index contributed by atoms with van der Waals surface area (Å²) in [6.45, 7) is 6.39. The molecule has 1 heterocycles. The average Bonchev–Trinajstić information content (AvgIpc) is 2.94. The van der Waals surface area contributed by atoms with Gasteiger partial charge in [-0.25, -0.2) is 0 Å². The van der Waals surface area contributed by atoms with Crippen molar-refractivity contribution in [3.8, 4) is 0 Å². The second kappa shape index (κ2) is 3.98. The Morgan fingerprint density at radius 3 is 2.24 bits per heavy atom. The number of carbonyl (C=O) groups is 1. The van der Waals surface area contributed by atoms with Crippen LogP contribution in [-0.4, -0.2) is 29.9 Å². The Kier molecular flexibility index (Phi) is 2.69. The SMILES string of the molecule is CC1CN(C(=O)C2C3CCC(C3)C2N)CC1C. The minimum Gasteiger partial charge on any atom is -0.342 e. The molecule has 1 aliphatic heterocycles. The van der Waals surface area contributed by atoms with Crippen molar-refractivity contribution in [2.24, 2.45) is 35.3 Å². The molecule has 3 rings (SSSR count). The first kappa shape index (κ1) is 11.5. The highest BCUT2D eigenvalue weighted by Crippen LogP contribution is 2.48. The van der Waals surface area contributed by atoms with Crippen molar-refractivity contribution in [1.29, 1.82) is 0 Å². The second-order valence-corrected chi connectivity index (χ2v) is 6.63. The standard InChI is InChI=1S/C14H24N2O/c1-8-6-16(7-9(8)2)14(17)12-10-3-4-11(5-10)13(12)15/h8-13H,3-7,15H2,1-2H3. The van der Waals surface area contributed by atoms with E-state index in [0.29, 0.717) is 29.6 Å². The number of hydrogen-bond acceptors (Lipinski definition) is 2. The molecular weight excluding hydrogens is 212 g/mol. The molecule has 1 amide bonds. The topological polar surface area (TPSA) is 46.3 Å². The third-order valence-electron chi connectivity index (χ3n) is 5.57. The van der Waals surface area contributed by atoms with Gasteiger partial charge in [-0.2, -0.15) is 0 Å². The number of likely N-dealkylation sites (tertiary alicyclic amines) is 1. The smallest absolute Gasteiger partial charge is 0.227 e. The molecule has 3 nitrogen and oxygen atoms in total. The summed E-state index contributed by atoms with van der Waals surface area (Å²) < 4.78 is 0. The quantitative estimate of drug-likeness (QED) is 0.749. The van der Waals surface area contributed by atoms with Gasteiger partial charge < -0.3 is 10.6 Å². The predicted octanol–water partition coefficient (Wildman–Crippen LogP) is 1.47. The van der Waals surface area contributed by atoms with E-state index in [9.17, 15) is 4.79 Å². The Labute approximate surface area is 104 Å². The third kappa shape index (κ3) is 1.70. The molecular formula is C14H24N2O. The summed E-state index contributed by atoms with van der Waals surface area (Å²) in [7, 11) is 0. The van der Waals surface area contributed by atoms with Gasteiger partial charge in [0.25, 0.3) is 0 Å². The molecule has 0 aromatic rings. The van der Waals surface area contributed by atoms with Crippen molar-refractivity contribution in [1.82, 2.24) is 4.90 Å². The summed E-state index contributed by atoms with van der Waals surface area (Å²) in [5, 5.41) is 0. The van der Waals surface area contributed by atoms with Crippen LogP contribution < -0.4 is 5.73 Å². The fraction of sp³-hybridized carbons (Fsp3) is 0.929. The fourth-order valence-electron chi connectivity index (χ4n) is 4.22. The van der Waals surface area contributed by atoms with Gasteiger partial charge in [0.15, 0.2) is 0 Å². The summed E-state index contributed by atoms with van der Waals surface area (Å²) in [6, 6.07) is 0.146. The largest absolute Gasteiger partial charge is 0.342 e. The molecule has 0 aromatic carbocycles. The summed E-state index contributed by atoms with van der Waals surface area (Å²) >= 11 is 0. The number of fused-ring (bicyclic) bond motifs is 2. The van der Waals surface area contributed by atoms with Crippen LogP contribution in [0.3, 0.4) is 0 Å². The lowest BCUT2D eigenvalue weighted by Crippen LogP contribution is -2.46. The Hall–Kier alpha value is -0.570. The van der Waals surface area contributed by atoms with Gasteiger partial charge in [0.05, 0.1) is 5.92 Å². The molecule has 3 aliphatic rings. The van der Waals surface area contributed by atoms with Gasteiger partial charge in [0, 0.05) is 19.1 Å². The molecule has 1 saturated heterocycles. The maximum absolute atomic E-state index is 12.6. The van der Waals surface area contributed by atoms with E-state index in [-0.39, 0.29) is 12.0 Å².